The maximum Gasteiger partial charge on any atom is 0.251 e. The third kappa shape index (κ3) is 3.19. The van der Waals surface area contributed by atoms with Gasteiger partial charge in [0, 0.05) is 11.1 Å². The summed E-state index contributed by atoms with van der Waals surface area (Å²) in [5.41, 5.74) is 6.56. The predicted molar refractivity (Wildman–Crippen MR) is 67.4 cm³/mol. The molecule has 0 fully saturated rings. The van der Waals surface area contributed by atoms with Gasteiger partial charge in [-0.2, -0.15) is 0 Å². The van der Waals surface area contributed by atoms with Gasteiger partial charge in [0.25, 0.3) is 5.91 Å². The maximum absolute atomic E-state index is 11.9. The summed E-state index contributed by atoms with van der Waals surface area (Å²) in [5.74, 6) is -0.464. The largest absolute Gasteiger partial charge is 0.447 e. The number of nitrogens with zero attached hydrogens (tertiary/aromatic N) is 1. The van der Waals surface area contributed by atoms with Gasteiger partial charge < -0.3 is 15.5 Å². The van der Waals surface area contributed by atoms with E-state index in [9.17, 15) is 9.59 Å². The van der Waals surface area contributed by atoms with Gasteiger partial charge in [0.2, 0.25) is 11.8 Å². The van der Waals surface area contributed by atoms with Gasteiger partial charge in [-0.05, 0) is 25.1 Å². The number of carbonyl (C=O) groups excluding carboxylic acids is 2. The third-order valence-corrected chi connectivity index (χ3v) is 2.48. The lowest BCUT2D eigenvalue weighted by atomic mass is 10.1. The van der Waals surface area contributed by atoms with Crippen molar-refractivity contribution in [2.24, 2.45) is 5.73 Å². The molecule has 2 rings (SSSR count). The second-order valence-corrected chi connectivity index (χ2v) is 4.01. The minimum absolute atomic E-state index is 0.188. The molecule has 3 N–H and O–H groups in total. The molecule has 6 heteroatoms. The fourth-order valence-electron chi connectivity index (χ4n) is 1.56. The highest BCUT2D eigenvalue weighted by atomic mass is 16.3. The quantitative estimate of drug-likeness (QED) is 0.856. The Kier molecular flexibility index (Phi) is 3.61. The minimum Gasteiger partial charge on any atom is -0.447 e. The molecule has 0 atom stereocenters. The van der Waals surface area contributed by atoms with E-state index in [1.165, 1.54) is 12.3 Å². The van der Waals surface area contributed by atoms with Crippen molar-refractivity contribution in [2.75, 3.05) is 0 Å². The number of carbonyl (C=O) groups is 2. The number of hydrogen-bond donors (Lipinski definition) is 2. The van der Waals surface area contributed by atoms with Crippen molar-refractivity contribution in [1.82, 2.24) is 10.3 Å². The van der Waals surface area contributed by atoms with E-state index in [0.717, 1.165) is 5.69 Å². The molecule has 19 heavy (non-hydrogen) atoms. The van der Waals surface area contributed by atoms with E-state index in [4.69, 9.17) is 10.2 Å². The van der Waals surface area contributed by atoms with Crippen LogP contribution >= 0.6 is 0 Å². The van der Waals surface area contributed by atoms with Gasteiger partial charge in [0.05, 0.1) is 12.2 Å². The summed E-state index contributed by atoms with van der Waals surface area (Å²) < 4.78 is 5.11. The lowest BCUT2D eigenvalue weighted by Crippen LogP contribution is -2.23. The number of nitrogens with two attached hydrogens (primary N) is 1. The molecule has 98 valence electrons. The van der Waals surface area contributed by atoms with E-state index < -0.39 is 5.91 Å². The zero-order chi connectivity index (χ0) is 13.8. The first kappa shape index (κ1) is 12.8. The van der Waals surface area contributed by atoms with Gasteiger partial charge in [-0.1, -0.05) is 6.07 Å². The second-order valence-electron chi connectivity index (χ2n) is 4.01. The molecule has 0 unspecified atom stereocenters. The van der Waals surface area contributed by atoms with Gasteiger partial charge >= 0.3 is 0 Å². The first-order chi connectivity index (χ1) is 9.06. The summed E-state index contributed by atoms with van der Waals surface area (Å²) in [7, 11) is 0. The van der Waals surface area contributed by atoms with Crippen molar-refractivity contribution < 1.29 is 14.0 Å². The van der Waals surface area contributed by atoms with Gasteiger partial charge in [0.1, 0.15) is 6.26 Å². The van der Waals surface area contributed by atoms with E-state index in [0.29, 0.717) is 17.0 Å². The molecule has 0 radical (unpaired) electrons. The average Bonchev–Trinajstić information content (AvgIpc) is 2.82. The molecule has 1 aromatic carbocycles. The smallest absolute Gasteiger partial charge is 0.251 e. The Morgan fingerprint density at radius 3 is 2.74 bits per heavy atom. The summed E-state index contributed by atoms with van der Waals surface area (Å²) in [6.07, 6.45) is 1.51. The van der Waals surface area contributed by atoms with Crippen molar-refractivity contribution in [3.05, 3.63) is 53.2 Å². The van der Waals surface area contributed by atoms with Crippen LogP contribution in [0, 0.1) is 6.92 Å². The predicted octanol–water partition coefficient (Wildman–Crippen LogP) is 1.01. The lowest BCUT2D eigenvalue weighted by Gasteiger charge is -2.03. The van der Waals surface area contributed by atoms with Gasteiger partial charge in [-0.15, -0.1) is 0 Å². The zero-order valence-electron chi connectivity index (χ0n) is 10.3. The van der Waals surface area contributed by atoms with Crippen LogP contribution in [0.1, 0.15) is 32.3 Å². The Labute approximate surface area is 109 Å². The number of amides is 2. The zero-order valence-corrected chi connectivity index (χ0v) is 10.3. The molecule has 0 aliphatic rings. The molecule has 0 bridgehead atoms. The molecule has 2 aromatic rings. The van der Waals surface area contributed by atoms with Crippen LogP contribution in [0.5, 0.6) is 0 Å². The first-order valence-electron chi connectivity index (χ1n) is 5.65. The van der Waals surface area contributed by atoms with E-state index in [2.05, 4.69) is 10.3 Å². The van der Waals surface area contributed by atoms with Crippen LogP contribution in [0.15, 0.2) is 34.9 Å². The molecule has 0 saturated carbocycles. The molecular weight excluding hydrogens is 246 g/mol. The summed E-state index contributed by atoms with van der Waals surface area (Å²) in [5, 5.41) is 2.65. The number of rotatable bonds is 4. The normalized spacial score (nSPS) is 10.2. The van der Waals surface area contributed by atoms with Crippen molar-refractivity contribution in [2.45, 2.75) is 13.5 Å². The first-order valence-corrected chi connectivity index (χ1v) is 5.65. The number of aryl methyl sites for hydroxylation is 1. The Bertz CT molecular complexity index is 619. The topological polar surface area (TPSA) is 98.2 Å². The Hall–Kier alpha value is -2.63. The maximum atomic E-state index is 11.9. The molecule has 0 saturated heterocycles. The van der Waals surface area contributed by atoms with Crippen LogP contribution in [0.4, 0.5) is 0 Å². The molecule has 1 heterocycles. The number of primary amides is 1. The highest BCUT2D eigenvalue weighted by molar-refractivity contribution is 5.98. The van der Waals surface area contributed by atoms with Crippen LogP contribution in [-0.4, -0.2) is 16.8 Å². The van der Waals surface area contributed by atoms with Crippen LogP contribution in [0.25, 0.3) is 0 Å². The van der Waals surface area contributed by atoms with Crippen molar-refractivity contribution in [1.29, 1.82) is 0 Å². The van der Waals surface area contributed by atoms with Crippen LogP contribution in [0.2, 0.25) is 0 Å². The molecular formula is C13H13N3O3. The third-order valence-electron chi connectivity index (χ3n) is 2.48. The summed E-state index contributed by atoms with van der Waals surface area (Å²) in [6.45, 7) is 1.98. The number of hydrogen-bond acceptors (Lipinski definition) is 4. The Morgan fingerprint density at radius 2 is 2.11 bits per heavy atom. The van der Waals surface area contributed by atoms with Crippen molar-refractivity contribution >= 4 is 11.8 Å². The van der Waals surface area contributed by atoms with Crippen molar-refractivity contribution in [3.8, 4) is 0 Å². The highest BCUT2D eigenvalue weighted by Gasteiger charge is 2.09. The van der Waals surface area contributed by atoms with E-state index in [1.54, 1.807) is 25.1 Å². The van der Waals surface area contributed by atoms with Gasteiger partial charge in [0.15, 0.2) is 0 Å². The summed E-state index contributed by atoms with van der Waals surface area (Å²) in [4.78, 5) is 27.0. The van der Waals surface area contributed by atoms with E-state index in [-0.39, 0.29) is 12.5 Å². The number of aromatic nitrogens is 1. The summed E-state index contributed by atoms with van der Waals surface area (Å²) >= 11 is 0. The molecule has 0 aliphatic heterocycles. The molecule has 2 amide bonds. The summed E-state index contributed by atoms with van der Waals surface area (Å²) in [6, 6.07) is 6.20. The van der Waals surface area contributed by atoms with Gasteiger partial charge in [-0.3, -0.25) is 9.59 Å². The number of nitrogens with one attached hydrogen (secondary N) is 1. The fourth-order valence-corrected chi connectivity index (χ4v) is 1.56. The molecule has 0 spiro atoms. The molecule has 1 aromatic heterocycles. The second kappa shape index (κ2) is 5.34. The van der Waals surface area contributed by atoms with Crippen LogP contribution in [-0.2, 0) is 6.54 Å². The average molecular weight is 259 g/mol. The number of benzene rings is 1. The van der Waals surface area contributed by atoms with Gasteiger partial charge in [-0.25, -0.2) is 4.98 Å². The van der Waals surface area contributed by atoms with E-state index >= 15 is 0 Å². The monoisotopic (exact) mass is 259 g/mol. The lowest BCUT2D eigenvalue weighted by molar-refractivity contribution is 0.0947. The van der Waals surface area contributed by atoms with E-state index in [1.807, 2.05) is 0 Å². The molecule has 0 aliphatic carbocycles. The fraction of sp³-hybridized carbons (Fsp3) is 0.154. The minimum atomic E-state index is -0.571. The Morgan fingerprint density at radius 1 is 1.37 bits per heavy atom. The molecule has 6 nitrogen and oxygen atoms in total. The number of oxazole rings is 1. The highest BCUT2D eigenvalue weighted by Crippen LogP contribution is 2.05. The Balaban J connectivity index is 2.03. The van der Waals surface area contributed by atoms with Crippen LogP contribution < -0.4 is 11.1 Å². The standard InChI is InChI=1S/C13H13N3O3/c1-8-7-19-11(16-8)6-15-13(18)10-4-2-3-9(5-10)12(14)17/h2-5,7H,6H2,1H3,(H2,14,17)(H,15,18). The SMILES string of the molecule is Cc1coc(CNC(=O)c2cccc(C(N)=O)c2)n1. The van der Waals surface area contributed by atoms with Crippen LogP contribution in [0.3, 0.4) is 0 Å². The van der Waals surface area contributed by atoms with Crippen molar-refractivity contribution in [3.63, 3.8) is 0 Å².